The van der Waals surface area contributed by atoms with Crippen molar-refractivity contribution in [3.05, 3.63) is 77.5 Å². The Kier molecular flexibility index (Phi) is 6.26. The fourth-order valence-electron chi connectivity index (χ4n) is 5.76. The summed E-state index contributed by atoms with van der Waals surface area (Å²) in [4.78, 5) is 64.6. The molecule has 1 saturated heterocycles. The van der Waals surface area contributed by atoms with Crippen molar-refractivity contribution < 1.29 is 19.2 Å². The minimum Gasteiger partial charge on any atom is -0.347 e. The first-order valence-electron chi connectivity index (χ1n) is 13.0. The van der Waals surface area contributed by atoms with Crippen molar-refractivity contribution in [1.29, 1.82) is 0 Å². The van der Waals surface area contributed by atoms with E-state index in [4.69, 9.17) is 0 Å². The number of rotatable bonds is 5. The van der Waals surface area contributed by atoms with Crippen LogP contribution in [0.3, 0.4) is 0 Å². The molecule has 2 aromatic heterocycles. The molecule has 3 aliphatic rings. The molecule has 4 heterocycles. The maximum atomic E-state index is 12.9. The van der Waals surface area contributed by atoms with E-state index in [0.717, 1.165) is 16.7 Å². The smallest absolute Gasteiger partial charge is 0.291 e. The molecule has 0 bridgehead atoms. The second kappa shape index (κ2) is 9.90. The molecule has 198 valence electrons. The van der Waals surface area contributed by atoms with Gasteiger partial charge in [-0.05, 0) is 61.1 Å². The van der Waals surface area contributed by atoms with Crippen LogP contribution < -0.4 is 16.0 Å². The third-order valence-electron chi connectivity index (χ3n) is 7.80. The van der Waals surface area contributed by atoms with E-state index >= 15 is 0 Å². The van der Waals surface area contributed by atoms with Gasteiger partial charge in [-0.3, -0.25) is 19.2 Å². The Labute approximate surface area is 224 Å². The second-order valence-electron chi connectivity index (χ2n) is 10.2. The Morgan fingerprint density at radius 1 is 0.974 bits per heavy atom. The lowest BCUT2D eigenvalue weighted by Crippen LogP contribution is -2.44. The number of fused-ring (bicyclic) bond motifs is 3. The monoisotopic (exact) mass is 525 g/mol. The highest BCUT2D eigenvalue weighted by molar-refractivity contribution is 6.06. The summed E-state index contributed by atoms with van der Waals surface area (Å²) in [7, 11) is 0. The van der Waals surface area contributed by atoms with Crippen LogP contribution in [0.4, 0.5) is 11.5 Å². The molecule has 6 rings (SSSR count). The first kappa shape index (κ1) is 24.7. The van der Waals surface area contributed by atoms with Gasteiger partial charge in [-0.2, -0.15) is 0 Å². The van der Waals surface area contributed by atoms with E-state index in [2.05, 4.69) is 30.9 Å². The number of benzene rings is 1. The lowest BCUT2D eigenvalue weighted by Gasteiger charge is -2.30. The van der Waals surface area contributed by atoms with E-state index in [1.54, 1.807) is 17.2 Å². The highest BCUT2D eigenvalue weighted by Gasteiger charge is 2.51. The number of pyridine rings is 1. The topological polar surface area (TPSA) is 146 Å². The van der Waals surface area contributed by atoms with Gasteiger partial charge in [0.25, 0.3) is 5.91 Å². The highest BCUT2D eigenvalue weighted by atomic mass is 16.2. The van der Waals surface area contributed by atoms with E-state index in [-0.39, 0.29) is 41.9 Å². The number of likely N-dealkylation sites (tertiary alicyclic amines) is 1. The van der Waals surface area contributed by atoms with Crippen LogP contribution in [-0.2, 0) is 32.6 Å². The normalized spacial score (nSPS) is 19.8. The van der Waals surface area contributed by atoms with E-state index in [9.17, 15) is 19.2 Å². The summed E-state index contributed by atoms with van der Waals surface area (Å²) in [5, 5.41) is 8.46. The lowest BCUT2D eigenvalue weighted by molar-refractivity contribution is -0.128. The number of carbonyl (C=O) groups excluding carboxylic acids is 4. The molecule has 0 saturated carbocycles. The molecular weight excluding hydrogens is 498 g/mol. The van der Waals surface area contributed by atoms with Crippen molar-refractivity contribution in [3.8, 4) is 0 Å². The second-order valence-corrected chi connectivity index (χ2v) is 10.2. The quantitative estimate of drug-likeness (QED) is 0.457. The first-order chi connectivity index (χ1) is 18.9. The minimum absolute atomic E-state index is 0.0516. The first-order valence-corrected chi connectivity index (χ1v) is 13.0. The van der Waals surface area contributed by atoms with E-state index < -0.39 is 5.41 Å². The van der Waals surface area contributed by atoms with Crippen molar-refractivity contribution in [2.75, 3.05) is 30.3 Å². The van der Waals surface area contributed by atoms with Gasteiger partial charge in [0.2, 0.25) is 23.5 Å². The lowest BCUT2D eigenvalue weighted by atomic mass is 9.79. The molecule has 39 heavy (non-hydrogen) atoms. The summed E-state index contributed by atoms with van der Waals surface area (Å²) in [6, 6.07) is 11.1. The van der Waals surface area contributed by atoms with Crippen LogP contribution in [0.15, 0.2) is 55.0 Å². The Morgan fingerprint density at radius 2 is 1.72 bits per heavy atom. The number of carbonyl (C=O) groups is 4. The Morgan fingerprint density at radius 3 is 2.51 bits per heavy atom. The van der Waals surface area contributed by atoms with Crippen molar-refractivity contribution in [2.45, 2.75) is 31.1 Å². The zero-order chi connectivity index (χ0) is 27.0. The van der Waals surface area contributed by atoms with Gasteiger partial charge >= 0.3 is 0 Å². The Balaban J connectivity index is 1.00. The molecule has 11 heteroatoms. The molecule has 2 aliphatic heterocycles. The van der Waals surface area contributed by atoms with Crippen LogP contribution in [0, 0.1) is 5.92 Å². The van der Waals surface area contributed by atoms with Crippen LogP contribution in [0.1, 0.15) is 40.2 Å². The molecule has 1 spiro atoms. The van der Waals surface area contributed by atoms with Crippen LogP contribution in [0.5, 0.6) is 0 Å². The standard InChI is InChI=1S/C28H27N7O4/c36-22(16-32-25(37)17-6-11-35(12-7-17)26(38)24-30-9-2-10-31-24)33-20-5-4-18-14-28(15-19(18)13-20)21-3-1-8-29-23(21)34-27(28)39/h1-5,8-10,13,17H,6-7,11-12,14-16H2,(H,32,37)(H,33,36)(H,29,34,39). The average molecular weight is 526 g/mol. The summed E-state index contributed by atoms with van der Waals surface area (Å²) < 4.78 is 0. The van der Waals surface area contributed by atoms with Crippen molar-refractivity contribution in [2.24, 2.45) is 5.92 Å². The van der Waals surface area contributed by atoms with Gasteiger partial charge in [-0.1, -0.05) is 12.1 Å². The zero-order valence-electron chi connectivity index (χ0n) is 21.1. The molecule has 1 aromatic carbocycles. The maximum absolute atomic E-state index is 12.9. The maximum Gasteiger partial charge on any atom is 0.291 e. The van der Waals surface area contributed by atoms with Gasteiger partial charge in [0.15, 0.2) is 0 Å². The number of hydrogen-bond donors (Lipinski definition) is 3. The third-order valence-corrected chi connectivity index (χ3v) is 7.80. The van der Waals surface area contributed by atoms with Gasteiger partial charge in [-0.15, -0.1) is 0 Å². The summed E-state index contributed by atoms with van der Waals surface area (Å²) in [5.41, 5.74) is 2.92. The molecule has 1 aliphatic carbocycles. The molecule has 4 amide bonds. The number of nitrogens with one attached hydrogen (secondary N) is 3. The minimum atomic E-state index is -0.670. The summed E-state index contributed by atoms with van der Waals surface area (Å²) in [6.45, 7) is 0.700. The number of anilines is 2. The van der Waals surface area contributed by atoms with Crippen molar-refractivity contribution in [1.82, 2.24) is 25.2 Å². The predicted molar refractivity (Wildman–Crippen MR) is 141 cm³/mol. The highest BCUT2D eigenvalue weighted by Crippen LogP contribution is 2.46. The van der Waals surface area contributed by atoms with E-state index in [1.165, 1.54) is 12.4 Å². The van der Waals surface area contributed by atoms with Crippen molar-refractivity contribution in [3.63, 3.8) is 0 Å². The molecule has 1 fully saturated rings. The SMILES string of the molecule is O=C(CNC(=O)C1CCN(C(=O)c2ncccn2)CC1)Nc1ccc2c(c1)CC1(C2)C(=O)Nc2ncccc21. The Hall–Kier alpha value is -4.67. The summed E-state index contributed by atoms with van der Waals surface area (Å²) >= 11 is 0. The predicted octanol–water partition coefficient (Wildman–Crippen LogP) is 1.47. The van der Waals surface area contributed by atoms with Gasteiger partial charge in [0.05, 0.1) is 12.0 Å². The van der Waals surface area contributed by atoms with Crippen LogP contribution in [0.25, 0.3) is 0 Å². The summed E-state index contributed by atoms with van der Waals surface area (Å²) in [5.74, 6) is -0.353. The largest absolute Gasteiger partial charge is 0.347 e. The fourth-order valence-corrected chi connectivity index (χ4v) is 5.76. The van der Waals surface area contributed by atoms with Gasteiger partial charge in [0, 0.05) is 48.8 Å². The van der Waals surface area contributed by atoms with Gasteiger partial charge in [0.1, 0.15) is 5.82 Å². The number of nitrogens with zero attached hydrogens (tertiary/aromatic N) is 4. The van der Waals surface area contributed by atoms with Crippen LogP contribution >= 0.6 is 0 Å². The van der Waals surface area contributed by atoms with Crippen LogP contribution in [0.2, 0.25) is 0 Å². The number of aromatic nitrogens is 3. The molecule has 3 N–H and O–H groups in total. The van der Waals surface area contributed by atoms with E-state index in [0.29, 0.717) is 50.3 Å². The number of amides is 4. The van der Waals surface area contributed by atoms with Gasteiger partial charge in [-0.25, -0.2) is 15.0 Å². The number of piperidine rings is 1. The fraction of sp³-hybridized carbons (Fsp3) is 0.321. The van der Waals surface area contributed by atoms with Crippen LogP contribution in [-0.4, -0.2) is 63.1 Å². The molecule has 1 unspecified atom stereocenters. The average Bonchev–Trinajstić information content (AvgIpc) is 3.48. The zero-order valence-corrected chi connectivity index (χ0v) is 21.1. The molecule has 1 atom stereocenters. The molecule has 0 radical (unpaired) electrons. The summed E-state index contributed by atoms with van der Waals surface area (Å²) in [6.07, 6.45) is 6.84. The third kappa shape index (κ3) is 4.60. The van der Waals surface area contributed by atoms with Gasteiger partial charge < -0.3 is 20.9 Å². The Bertz CT molecular complexity index is 1470. The molecular formula is C28H27N7O4. The van der Waals surface area contributed by atoms with Crippen molar-refractivity contribution >= 4 is 35.1 Å². The molecule has 11 nitrogen and oxygen atoms in total. The number of hydrogen-bond acceptors (Lipinski definition) is 7. The molecule has 3 aromatic rings. The van der Waals surface area contributed by atoms with E-state index in [1.807, 2.05) is 30.3 Å².